The minimum Gasteiger partial charge on any atom is -0.352 e. The molecule has 0 aliphatic heterocycles. The van der Waals surface area contributed by atoms with Gasteiger partial charge >= 0.3 is 0 Å². The van der Waals surface area contributed by atoms with Gasteiger partial charge in [0.2, 0.25) is 0 Å². The molecular formula is C14H14BrN3O. The highest BCUT2D eigenvalue weighted by molar-refractivity contribution is 9.10. The second-order valence-corrected chi connectivity index (χ2v) is 5.12. The van der Waals surface area contributed by atoms with E-state index in [1.54, 1.807) is 18.5 Å². The first kappa shape index (κ1) is 13.7. The fourth-order valence-electron chi connectivity index (χ4n) is 1.60. The number of pyridine rings is 2. The third-order valence-electron chi connectivity index (χ3n) is 2.64. The summed E-state index contributed by atoms with van der Waals surface area (Å²) in [4.78, 5) is 20.0. The van der Waals surface area contributed by atoms with Crippen LogP contribution in [0.25, 0.3) is 0 Å². The van der Waals surface area contributed by atoms with Crippen molar-refractivity contribution >= 4 is 21.8 Å². The van der Waals surface area contributed by atoms with Crippen molar-refractivity contribution in [3.63, 3.8) is 0 Å². The Morgan fingerprint density at radius 3 is 2.84 bits per heavy atom. The van der Waals surface area contributed by atoms with Gasteiger partial charge in [-0.05, 0) is 47.0 Å². The first-order valence-electron chi connectivity index (χ1n) is 5.95. The van der Waals surface area contributed by atoms with Crippen LogP contribution in [0.1, 0.15) is 21.6 Å². The maximum atomic E-state index is 11.9. The fourth-order valence-corrected chi connectivity index (χ4v) is 1.97. The van der Waals surface area contributed by atoms with Gasteiger partial charge in [-0.25, -0.2) is 0 Å². The number of nitrogens with one attached hydrogen (secondary N) is 1. The third-order valence-corrected chi connectivity index (χ3v) is 3.07. The number of amides is 1. The minimum atomic E-state index is -0.117. The average molecular weight is 320 g/mol. The van der Waals surface area contributed by atoms with Gasteiger partial charge in [-0.15, -0.1) is 0 Å². The van der Waals surface area contributed by atoms with Gasteiger partial charge < -0.3 is 5.32 Å². The highest BCUT2D eigenvalue weighted by Gasteiger charge is 2.05. The predicted molar refractivity (Wildman–Crippen MR) is 76.9 cm³/mol. The Labute approximate surface area is 120 Å². The molecule has 0 saturated carbocycles. The van der Waals surface area contributed by atoms with E-state index in [1.807, 2.05) is 25.3 Å². The van der Waals surface area contributed by atoms with E-state index in [2.05, 4.69) is 31.2 Å². The number of carbonyl (C=O) groups excluding carboxylic acids is 1. The van der Waals surface area contributed by atoms with Crippen molar-refractivity contribution < 1.29 is 4.79 Å². The Balaban J connectivity index is 1.86. The molecule has 2 aromatic heterocycles. The normalized spacial score (nSPS) is 10.2. The molecule has 5 heteroatoms. The van der Waals surface area contributed by atoms with E-state index in [4.69, 9.17) is 0 Å². The van der Waals surface area contributed by atoms with Gasteiger partial charge in [-0.3, -0.25) is 14.8 Å². The lowest BCUT2D eigenvalue weighted by molar-refractivity contribution is 0.0953. The summed E-state index contributed by atoms with van der Waals surface area (Å²) in [6, 6.07) is 5.74. The molecule has 19 heavy (non-hydrogen) atoms. The van der Waals surface area contributed by atoms with Gasteiger partial charge in [0.05, 0.1) is 5.56 Å². The second kappa shape index (κ2) is 6.43. The zero-order valence-corrected chi connectivity index (χ0v) is 12.1. The zero-order chi connectivity index (χ0) is 13.7. The summed E-state index contributed by atoms with van der Waals surface area (Å²) in [6.45, 7) is 2.53. The van der Waals surface area contributed by atoms with E-state index < -0.39 is 0 Å². The molecule has 2 aromatic rings. The van der Waals surface area contributed by atoms with E-state index in [1.165, 1.54) is 0 Å². The lowest BCUT2D eigenvalue weighted by Gasteiger charge is -2.05. The Hall–Kier alpha value is -1.75. The summed E-state index contributed by atoms with van der Waals surface area (Å²) < 4.78 is 0.794. The molecule has 98 valence electrons. The van der Waals surface area contributed by atoms with Crippen molar-refractivity contribution in [3.05, 3.63) is 58.1 Å². The first-order chi connectivity index (χ1) is 9.15. The molecule has 0 aliphatic carbocycles. The molecule has 2 rings (SSSR count). The molecule has 0 saturated heterocycles. The van der Waals surface area contributed by atoms with Crippen molar-refractivity contribution in [1.82, 2.24) is 15.3 Å². The lowest BCUT2D eigenvalue weighted by atomic mass is 10.2. The largest absolute Gasteiger partial charge is 0.352 e. The van der Waals surface area contributed by atoms with E-state index in [9.17, 15) is 4.79 Å². The van der Waals surface area contributed by atoms with Gasteiger partial charge in [0.15, 0.2) is 0 Å². The van der Waals surface area contributed by atoms with Crippen molar-refractivity contribution in [2.45, 2.75) is 13.3 Å². The monoisotopic (exact) mass is 319 g/mol. The Kier molecular flexibility index (Phi) is 4.63. The topological polar surface area (TPSA) is 54.9 Å². The molecule has 2 heterocycles. The van der Waals surface area contributed by atoms with Gasteiger partial charge in [-0.1, -0.05) is 6.07 Å². The molecule has 0 fully saturated rings. The summed E-state index contributed by atoms with van der Waals surface area (Å²) in [5.74, 6) is -0.117. The zero-order valence-electron chi connectivity index (χ0n) is 10.6. The average Bonchev–Trinajstić information content (AvgIpc) is 2.41. The number of carbonyl (C=O) groups is 1. The molecule has 0 bridgehead atoms. The summed E-state index contributed by atoms with van der Waals surface area (Å²) in [7, 11) is 0. The molecule has 0 atom stereocenters. The number of hydrogen-bond acceptors (Lipinski definition) is 3. The number of halogens is 1. The summed E-state index contributed by atoms with van der Waals surface area (Å²) >= 11 is 3.29. The molecule has 0 aliphatic rings. The second-order valence-electron chi connectivity index (χ2n) is 4.21. The highest BCUT2D eigenvalue weighted by atomic mass is 79.9. The van der Waals surface area contributed by atoms with E-state index in [0.717, 1.165) is 22.2 Å². The maximum Gasteiger partial charge on any atom is 0.252 e. The molecule has 1 N–H and O–H groups in total. The van der Waals surface area contributed by atoms with Gasteiger partial charge in [0.25, 0.3) is 5.91 Å². The van der Waals surface area contributed by atoms with Crippen LogP contribution in [-0.4, -0.2) is 22.4 Å². The molecular weight excluding hydrogens is 306 g/mol. The summed E-state index contributed by atoms with van der Waals surface area (Å²) in [6.07, 6.45) is 5.80. The van der Waals surface area contributed by atoms with Crippen LogP contribution in [0.15, 0.2) is 41.3 Å². The number of aromatic nitrogens is 2. The highest BCUT2D eigenvalue weighted by Crippen LogP contribution is 2.09. The maximum absolute atomic E-state index is 11.9. The quantitative estimate of drug-likeness (QED) is 0.942. The number of aryl methyl sites for hydroxylation is 1. The van der Waals surface area contributed by atoms with Crippen LogP contribution in [0.2, 0.25) is 0 Å². The van der Waals surface area contributed by atoms with E-state index in [-0.39, 0.29) is 5.91 Å². The standard InChI is InChI=1S/C14H14BrN3O/c1-10-2-3-11(7-18-10)4-5-17-14(19)12-6-13(15)9-16-8-12/h2-3,6-9H,4-5H2,1H3,(H,17,19). The number of hydrogen-bond donors (Lipinski definition) is 1. The van der Waals surface area contributed by atoms with Crippen molar-refractivity contribution in [2.75, 3.05) is 6.54 Å². The molecule has 0 unspecified atom stereocenters. The lowest BCUT2D eigenvalue weighted by Crippen LogP contribution is -2.25. The Morgan fingerprint density at radius 1 is 1.32 bits per heavy atom. The van der Waals surface area contributed by atoms with E-state index >= 15 is 0 Å². The molecule has 0 aromatic carbocycles. The molecule has 0 radical (unpaired) electrons. The van der Waals surface area contributed by atoms with Gasteiger partial charge in [0.1, 0.15) is 0 Å². The van der Waals surface area contributed by atoms with Crippen LogP contribution in [0.4, 0.5) is 0 Å². The van der Waals surface area contributed by atoms with Crippen molar-refractivity contribution in [2.24, 2.45) is 0 Å². The number of rotatable bonds is 4. The Bertz CT molecular complexity index is 569. The SMILES string of the molecule is Cc1ccc(CCNC(=O)c2cncc(Br)c2)cn1. The van der Waals surface area contributed by atoms with Crippen LogP contribution < -0.4 is 5.32 Å². The molecule has 0 spiro atoms. The molecule has 1 amide bonds. The smallest absolute Gasteiger partial charge is 0.252 e. The molecule has 4 nitrogen and oxygen atoms in total. The number of nitrogens with zero attached hydrogens (tertiary/aromatic N) is 2. The predicted octanol–water partition coefficient (Wildman–Crippen LogP) is 2.52. The van der Waals surface area contributed by atoms with Crippen LogP contribution in [0.5, 0.6) is 0 Å². The first-order valence-corrected chi connectivity index (χ1v) is 6.75. The van der Waals surface area contributed by atoms with Crippen LogP contribution in [0.3, 0.4) is 0 Å². The van der Waals surface area contributed by atoms with Gasteiger partial charge in [-0.2, -0.15) is 0 Å². The van der Waals surface area contributed by atoms with Crippen molar-refractivity contribution in [1.29, 1.82) is 0 Å². The summed E-state index contributed by atoms with van der Waals surface area (Å²) in [5.41, 5.74) is 2.66. The fraction of sp³-hybridized carbons (Fsp3) is 0.214. The summed E-state index contributed by atoms with van der Waals surface area (Å²) in [5, 5.41) is 2.86. The van der Waals surface area contributed by atoms with Crippen LogP contribution in [0, 0.1) is 6.92 Å². The van der Waals surface area contributed by atoms with Crippen molar-refractivity contribution in [3.8, 4) is 0 Å². The third kappa shape index (κ3) is 4.13. The van der Waals surface area contributed by atoms with Crippen LogP contribution >= 0.6 is 15.9 Å². The van der Waals surface area contributed by atoms with Gasteiger partial charge in [0, 0.05) is 35.3 Å². The Morgan fingerprint density at radius 2 is 2.16 bits per heavy atom. The van der Waals surface area contributed by atoms with Crippen LogP contribution in [-0.2, 0) is 6.42 Å². The van der Waals surface area contributed by atoms with E-state index in [0.29, 0.717) is 12.1 Å². The minimum absolute atomic E-state index is 0.117.